The number of aromatic nitrogens is 2. The van der Waals surface area contributed by atoms with Crippen molar-refractivity contribution in [2.24, 2.45) is 11.8 Å². The van der Waals surface area contributed by atoms with Gasteiger partial charge < -0.3 is 10.6 Å². The molecule has 1 aromatic heterocycles. The van der Waals surface area contributed by atoms with Crippen LogP contribution in [0.5, 0.6) is 0 Å². The van der Waals surface area contributed by atoms with Crippen molar-refractivity contribution in [2.45, 2.75) is 40.5 Å². The van der Waals surface area contributed by atoms with Gasteiger partial charge in [0.2, 0.25) is 0 Å². The van der Waals surface area contributed by atoms with Gasteiger partial charge in [-0.2, -0.15) is 0 Å². The normalized spacial score (nSPS) is 11.3. The molecular formula is C14H25ClN4. The van der Waals surface area contributed by atoms with E-state index in [0.717, 1.165) is 31.7 Å². The van der Waals surface area contributed by atoms with Crippen LogP contribution in [0.1, 0.15) is 40.5 Å². The van der Waals surface area contributed by atoms with Crippen molar-refractivity contribution in [1.82, 2.24) is 9.97 Å². The maximum absolute atomic E-state index is 6.00. The molecular weight excluding hydrogens is 260 g/mol. The molecule has 0 amide bonds. The molecule has 19 heavy (non-hydrogen) atoms. The molecule has 1 aromatic rings. The largest absolute Gasteiger partial charge is 0.393 e. The first kappa shape index (κ1) is 16.0. The molecule has 0 aromatic carbocycles. The van der Waals surface area contributed by atoms with Crippen molar-refractivity contribution in [3.8, 4) is 0 Å². The fourth-order valence-electron chi connectivity index (χ4n) is 1.77. The second-order valence-electron chi connectivity index (χ2n) is 5.75. The second kappa shape index (κ2) is 7.53. The van der Waals surface area contributed by atoms with E-state index in [9.17, 15) is 0 Å². The third-order valence-electron chi connectivity index (χ3n) is 3.07. The molecule has 1 heterocycles. The number of rotatable bonds is 7. The molecule has 0 aliphatic carbocycles. The van der Waals surface area contributed by atoms with Gasteiger partial charge in [-0.25, -0.2) is 9.97 Å². The number of anilines is 2. The zero-order chi connectivity index (χ0) is 14.4. The standard InChI is InChI=1S/C14H25ClN4/c1-10(2)5-7-19(8-6-11(3)4)14-12(16)13(15)17-9-18-14/h9-11H,5-8,16H2,1-4H3. The molecule has 0 atom stereocenters. The van der Waals surface area contributed by atoms with Gasteiger partial charge in [0.05, 0.1) is 0 Å². The lowest BCUT2D eigenvalue weighted by molar-refractivity contribution is 0.533. The number of nitrogens with two attached hydrogens (primary N) is 1. The third kappa shape index (κ3) is 5.23. The summed E-state index contributed by atoms with van der Waals surface area (Å²) in [7, 11) is 0. The summed E-state index contributed by atoms with van der Waals surface area (Å²) >= 11 is 5.98. The third-order valence-corrected chi connectivity index (χ3v) is 3.37. The molecule has 0 aliphatic rings. The first-order valence-electron chi connectivity index (χ1n) is 6.92. The summed E-state index contributed by atoms with van der Waals surface area (Å²) in [6, 6.07) is 0. The van der Waals surface area contributed by atoms with E-state index >= 15 is 0 Å². The summed E-state index contributed by atoms with van der Waals surface area (Å²) in [6.45, 7) is 10.8. The molecule has 0 unspecified atom stereocenters. The van der Waals surface area contributed by atoms with Crippen LogP contribution in [-0.2, 0) is 0 Å². The van der Waals surface area contributed by atoms with E-state index in [-0.39, 0.29) is 0 Å². The molecule has 2 N–H and O–H groups in total. The highest BCUT2D eigenvalue weighted by molar-refractivity contribution is 6.32. The topological polar surface area (TPSA) is 55.0 Å². The zero-order valence-electron chi connectivity index (χ0n) is 12.4. The molecule has 108 valence electrons. The molecule has 1 rings (SSSR count). The Morgan fingerprint density at radius 2 is 1.63 bits per heavy atom. The minimum absolute atomic E-state index is 0.337. The van der Waals surface area contributed by atoms with E-state index in [4.69, 9.17) is 17.3 Å². The molecule has 0 aliphatic heterocycles. The number of hydrogen-bond donors (Lipinski definition) is 1. The van der Waals surface area contributed by atoms with Crippen molar-refractivity contribution in [3.05, 3.63) is 11.5 Å². The molecule has 0 saturated carbocycles. The van der Waals surface area contributed by atoms with E-state index in [0.29, 0.717) is 22.7 Å². The van der Waals surface area contributed by atoms with Gasteiger partial charge in [-0.15, -0.1) is 0 Å². The lowest BCUT2D eigenvalue weighted by atomic mass is 10.1. The highest BCUT2D eigenvalue weighted by Gasteiger charge is 2.15. The monoisotopic (exact) mass is 284 g/mol. The van der Waals surface area contributed by atoms with Crippen LogP contribution in [-0.4, -0.2) is 23.1 Å². The maximum Gasteiger partial charge on any atom is 0.157 e. The van der Waals surface area contributed by atoms with Crippen molar-refractivity contribution < 1.29 is 0 Å². The molecule has 0 saturated heterocycles. The number of nitrogen functional groups attached to an aromatic ring is 1. The molecule has 0 fully saturated rings. The lowest BCUT2D eigenvalue weighted by Crippen LogP contribution is -2.29. The molecule has 4 nitrogen and oxygen atoms in total. The van der Waals surface area contributed by atoms with Gasteiger partial charge in [0, 0.05) is 13.1 Å². The summed E-state index contributed by atoms with van der Waals surface area (Å²) in [5, 5.41) is 0.337. The summed E-state index contributed by atoms with van der Waals surface area (Å²) in [5.74, 6) is 2.07. The van der Waals surface area contributed by atoms with Crippen molar-refractivity contribution in [2.75, 3.05) is 23.7 Å². The quantitative estimate of drug-likeness (QED) is 0.777. The Morgan fingerprint density at radius 1 is 1.11 bits per heavy atom. The van der Waals surface area contributed by atoms with Gasteiger partial charge in [-0.3, -0.25) is 0 Å². The van der Waals surface area contributed by atoms with Gasteiger partial charge in [0.15, 0.2) is 11.0 Å². The summed E-state index contributed by atoms with van der Waals surface area (Å²) in [6.07, 6.45) is 3.70. The van der Waals surface area contributed by atoms with Gasteiger partial charge in [0.25, 0.3) is 0 Å². The predicted molar refractivity (Wildman–Crippen MR) is 82.6 cm³/mol. The Kier molecular flexibility index (Phi) is 6.35. The number of nitrogens with zero attached hydrogens (tertiary/aromatic N) is 3. The van der Waals surface area contributed by atoms with Crippen LogP contribution in [0, 0.1) is 11.8 Å². The first-order chi connectivity index (χ1) is 8.91. The van der Waals surface area contributed by atoms with E-state index in [1.165, 1.54) is 6.33 Å². The van der Waals surface area contributed by atoms with Crippen LogP contribution in [0.2, 0.25) is 5.15 Å². The van der Waals surface area contributed by atoms with Gasteiger partial charge >= 0.3 is 0 Å². The molecule has 0 radical (unpaired) electrons. The van der Waals surface area contributed by atoms with Crippen LogP contribution in [0.3, 0.4) is 0 Å². The fraction of sp³-hybridized carbons (Fsp3) is 0.714. The van der Waals surface area contributed by atoms with Crippen molar-refractivity contribution in [3.63, 3.8) is 0 Å². The van der Waals surface area contributed by atoms with Crippen LogP contribution in [0.15, 0.2) is 6.33 Å². The van der Waals surface area contributed by atoms with E-state index in [2.05, 4.69) is 42.6 Å². The lowest BCUT2D eigenvalue weighted by Gasteiger charge is -2.26. The SMILES string of the molecule is CC(C)CCN(CCC(C)C)c1ncnc(Cl)c1N. The van der Waals surface area contributed by atoms with E-state index in [1.54, 1.807) is 0 Å². The minimum Gasteiger partial charge on any atom is -0.393 e. The van der Waals surface area contributed by atoms with Crippen LogP contribution in [0.25, 0.3) is 0 Å². The summed E-state index contributed by atoms with van der Waals surface area (Å²) in [4.78, 5) is 10.4. The van der Waals surface area contributed by atoms with Gasteiger partial charge in [-0.1, -0.05) is 39.3 Å². The van der Waals surface area contributed by atoms with Crippen LogP contribution >= 0.6 is 11.6 Å². The molecule has 5 heteroatoms. The van der Waals surface area contributed by atoms with E-state index in [1.807, 2.05) is 0 Å². The highest BCUT2D eigenvalue weighted by Crippen LogP contribution is 2.26. The maximum atomic E-state index is 6.00. The Morgan fingerprint density at radius 3 is 2.11 bits per heavy atom. The minimum atomic E-state index is 0.337. The summed E-state index contributed by atoms with van der Waals surface area (Å²) in [5.41, 5.74) is 6.48. The Bertz CT molecular complexity index is 381. The van der Waals surface area contributed by atoms with E-state index < -0.39 is 0 Å². The average Bonchev–Trinajstić information content (AvgIpc) is 2.33. The highest BCUT2D eigenvalue weighted by atomic mass is 35.5. The second-order valence-corrected chi connectivity index (χ2v) is 6.11. The molecule has 0 bridgehead atoms. The van der Waals surface area contributed by atoms with Crippen LogP contribution in [0.4, 0.5) is 11.5 Å². The van der Waals surface area contributed by atoms with Gasteiger partial charge in [0.1, 0.15) is 12.0 Å². The Balaban J connectivity index is 2.84. The first-order valence-corrected chi connectivity index (χ1v) is 7.30. The fourth-order valence-corrected chi connectivity index (χ4v) is 1.90. The predicted octanol–water partition coefficient (Wildman–Crippen LogP) is 3.61. The number of halogens is 1. The van der Waals surface area contributed by atoms with Crippen LogP contribution < -0.4 is 10.6 Å². The number of hydrogen-bond acceptors (Lipinski definition) is 4. The molecule has 0 spiro atoms. The smallest absolute Gasteiger partial charge is 0.157 e. The Hall–Kier alpha value is -1.03. The zero-order valence-corrected chi connectivity index (χ0v) is 13.1. The van der Waals surface area contributed by atoms with Gasteiger partial charge in [-0.05, 0) is 24.7 Å². The van der Waals surface area contributed by atoms with Crippen molar-refractivity contribution in [1.29, 1.82) is 0 Å². The van der Waals surface area contributed by atoms with Crippen molar-refractivity contribution >= 4 is 23.1 Å². The average molecular weight is 285 g/mol. The Labute approximate surface area is 121 Å². The summed E-state index contributed by atoms with van der Waals surface area (Å²) < 4.78 is 0.